The Bertz CT molecular complexity index is 1240. The average molecular weight is 554 g/mol. The number of nitrogens with one attached hydrogen (secondary N) is 2. The van der Waals surface area contributed by atoms with Gasteiger partial charge in [-0.1, -0.05) is 48.2 Å². The molecule has 10 nitrogen and oxygen atoms in total. The van der Waals surface area contributed by atoms with E-state index in [1.807, 2.05) is 42.5 Å². The van der Waals surface area contributed by atoms with Crippen LogP contribution in [0, 0.1) is 5.21 Å². The van der Waals surface area contributed by atoms with E-state index in [-0.39, 0.29) is 37.6 Å². The number of hydroxylamine groups is 1. The number of amides is 2. The number of nitrogens with zero attached hydrogens (tertiary/aromatic N) is 1. The van der Waals surface area contributed by atoms with Gasteiger partial charge in [0.2, 0.25) is 11.8 Å². The van der Waals surface area contributed by atoms with Crippen LogP contribution >= 0.6 is 11.8 Å². The summed E-state index contributed by atoms with van der Waals surface area (Å²) in [5, 5.41) is 33.4. The summed E-state index contributed by atoms with van der Waals surface area (Å²) in [5.74, 6) is -0.214. The minimum atomic E-state index is -0.663. The van der Waals surface area contributed by atoms with Crippen molar-refractivity contribution in [1.29, 1.82) is 0 Å². The third-order valence-electron chi connectivity index (χ3n) is 6.22. The lowest BCUT2D eigenvalue weighted by molar-refractivity contribution is -0.645. The minimum absolute atomic E-state index is 0.0377. The topological polar surface area (TPSA) is 144 Å². The number of thioether (sulfide) groups is 1. The molecule has 2 amide bonds. The molecule has 0 aliphatic carbocycles. The molecule has 3 aromatic rings. The van der Waals surface area contributed by atoms with Crippen molar-refractivity contribution in [2.24, 2.45) is 0 Å². The third-order valence-corrected chi connectivity index (χ3v) is 7.37. The van der Waals surface area contributed by atoms with Crippen molar-refractivity contribution in [3.8, 4) is 0 Å². The Morgan fingerprint density at radius 1 is 0.974 bits per heavy atom. The molecule has 0 saturated carbocycles. The normalized spacial score (nSPS) is 18.9. The Hall–Kier alpha value is -3.48. The third kappa shape index (κ3) is 8.25. The van der Waals surface area contributed by atoms with Crippen molar-refractivity contribution in [3.05, 3.63) is 94.8 Å². The average Bonchev–Trinajstić information content (AvgIpc) is 2.97. The van der Waals surface area contributed by atoms with Crippen molar-refractivity contribution < 1.29 is 34.1 Å². The van der Waals surface area contributed by atoms with E-state index in [0.717, 1.165) is 21.4 Å². The second kappa shape index (κ2) is 14.1. The van der Waals surface area contributed by atoms with Gasteiger partial charge in [-0.05, 0) is 35.7 Å². The highest BCUT2D eigenvalue weighted by Gasteiger charge is 2.32. The Morgan fingerprint density at radius 2 is 1.69 bits per heavy atom. The second-order valence-electron chi connectivity index (χ2n) is 9.08. The first-order valence-corrected chi connectivity index (χ1v) is 13.6. The predicted octanol–water partition coefficient (Wildman–Crippen LogP) is 3.76. The van der Waals surface area contributed by atoms with E-state index in [0.29, 0.717) is 29.3 Å². The number of aromatic nitrogens is 1. The van der Waals surface area contributed by atoms with Gasteiger partial charge < -0.3 is 25.1 Å². The number of aliphatic hydroxyl groups excluding tert-OH is 1. The van der Waals surface area contributed by atoms with E-state index in [4.69, 9.17) is 14.7 Å². The lowest BCUT2D eigenvalue weighted by atomic mass is 10.0. The molecule has 11 heteroatoms. The van der Waals surface area contributed by atoms with Crippen molar-refractivity contribution in [2.45, 2.75) is 55.8 Å². The highest BCUT2D eigenvalue weighted by molar-refractivity contribution is 7.99. The Labute approximate surface area is 230 Å². The zero-order valence-corrected chi connectivity index (χ0v) is 22.0. The van der Waals surface area contributed by atoms with Gasteiger partial charge in [0.05, 0.1) is 18.8 Å². The molecular formula is C28H31N3O7S. The van der Waals surface area contributed by atoms with Gasteiger partial charge in [0.1, 0.15) is 0 Å². The monoisotopic (exact) mass is 553 g/mol. The summed E-state index contributed by atoms with van der Waals surface area (Å²) in [7, 11) is 0. The highest BCUT2D eigenvalue weighted by Crippen LogP contribution is 2.39. The first-order valence-electron chi connectivity index (χ1n) is 12.6. The van der Waals surface area contributed by atoms with Crippen molar-refractivity contribution in [3.63, 3.8) is 0 Å². The summed E-state index contributed by atoms with van der Waals surface area (Å²) < 4.78 is 13.5. The summed E-state index contributed by atoms with van der Waals surface area (Å²) in [6.45, 7) is -0.0377. The number of carbonyl (C=O) groups is 2. The Balaban J connectivity index is 1.43. The number of pyridine rings is 1. The van der Waals surface area contributed by atoms with Crippen LogP contribution in [-0.4, -0.2) is 34.0 Å². The molecule has 0 bridgehead atoms. The van der Waals surface area contributed by atoms with Crippen LogP contribution in [0.2, 0.25) is 0 Å². The van der Waals surface area contributed by atoms with Crippen LogP contribution in [0.3, 0.4) is 0 Å². The van der Waals surface area contributed by atoms with Crippen molar-refractivity contribution in [1.82, 2.24) is 5.48 Å². The van der Waals surface area contributed by atoms with Crippen molar-refractivity contribution in [2.75, 3.05) is 11.1 Å². The van der Waals surface area contributed by atoms with Gasteiger partial charge >= 0.3 is 0 Å². The molecule has 4 N–H and O–H groups in total. The summed E-state index contributed by atoms with van der Waals surface area (Å²) in [6.07, 6.45) is 1.45. The van der Waals surface area contributed by atoms with Crippen LogP contribution < -0.4 is 15.5 Å². The molecule has 39 heavy (non-hydrogen) atoms. The smallest absolute Gasteiger partial charge is 0.251 e. The van der Waals surface area contributed by atoms with E-state index in [9.17, 15) is 19.9 Å². The van der Waals surface area contributed by atoms with Gasteiger partial charge in [0.25, 0.3) is 5.03 Å². The molecule has 1 aromatic heterocycles. The fourth-order valence-electron chi connectivity index (χ4n) is 4.14. The zero-order chi connectivity index (χ0) is 27.6. The van der Waals surface area contributed by atoms with Crippen LogP contribution in [0.15, 0.2) is 78.0 Å². The Morgan fingerprint density at radius 3 is 2.38 bits per heavy atom. The van der Waals surface area contributed by atoms with Crippen molar-refractivity contribution >= 4 is 29.3 Å². The molecule has 2 heterocycles. The van der Waals surface area contributed by atoms with Gasteiger partial charge in [-0.2, -0.15) is 4.73 Å². The molecular weight excluding hydrogens is 522 g/mol. The van der Waals surface area contributed by atoms with Gasteiger partial charge in [-0.25, -0.2) is 5.48 Å². The van der Waals surface area contributed by atoms with Crippen LogP contribution in [0.5, 0.6) is 0 Å². The molecule has 0 radical (unpaired) electrons. The largest absolute Gasteiger partial charge is 0.618 e. The number of benzene rings is 2. The molecule has 4 rings (SSSR count). The van der Waals surface area contributed by atoms with Crippen LogP contribution in [0.25, 0.3) is 0 Å². The number of aliphatic hydroxyl groups is 1. The number of hydrogen-bond acceptors (Lipinski definition) is 8. The summed E-state index contributed by atoms with van der Waals surface area (Å²) in [4.78, 5) is 23.3. The maximum Gasteiger partial charge on any atom is 0.251 e. The number of rotatable bonds is 11. The molecule has 2 aromatic carbocycles. The number of carbonyl (C=O) groups excluding carboxylic acids is 2. The molecule has 1 aliphatic heterocycles. The first kappa shape index (κ1) is 28.5. The highest BCUT2D eigenvalue weighted by atomic mass is 32.2. The van der Waals surface area contributed by atoms with Gasteiger partial charge in [0.15, 0.2) is 12.5 Å². The summed E-state index contributed by atoms with van der Waals surface area (Å²) in [6, 6.07) is 20.1. The molecule has 1 saturated heterocycles. The SMILES string of the molecule is O=C(CCCC(=O)Nc1ccc(C2OC(CSc3cccc[n+]3[O-])CC(c3ccc(CO)cc3)O2)cc1)NO. The number of ether oxygens (including phenoxy) is 2. The van der Waals surface area contributed by atoms with E-state index in [1.54, 1.807) is 29.7 Å². The van der Waals surface area contributed by atoms with Crippen LogP contribution in [0.4, 0.5) is 5.69 Å². The van der Waals surface area contributed by atoms with E-state index >= 15 is 0 Å². The van der Waals surface area contributed by atoms with E-state index in [2.05, 4.69) is 5.32 Å². The molecule has 3 unspecified atom stereocenters. The van der Waals surface area contributed by atoms with Crippen LogP contribution in [-0.2, 0) is 25.7 Å². The standard InChI is InChI=1S/C28H31N3O7S/c32-17-19-7-9-20(10-8-19)24-16-23(18-39-27-6-1-2-15-31(27)36)37-28(38-24)21-11-13-22(14-12-21)29-25(33)4-3-5-26(34)30-35/h1-2,6-15,23-24,28,32,35H,3-5,16-18H2,(H,29,33)(H,30,34). The number of hydrogen-bond donors (Lipinski definition) is 4. The van der Waals surface area contributed by atoms with Gasteiger partial charge in [-0.15, -0.1) is 0 Å². The molecule has 206 valence electrons. The molecule has 0 spiro atoms. The van der Waals surface area contributed by atoms with E-state index in [1.165, 1.54) is 18.0 Å². The maximum atomic E-state index is 12.2. The fraction of sp³-hybridized carbons (Fsp3) is 0.321. The van der Waals surface area contributed by atoms with Gasteiger partial charge in [0, 0.05) is 48.4 Å². The molecule has 1 fully saturated rings. The molecule has 3 atom stereocenters. The van der Waals surface area contributed by atoms with Gasteiger partial charge in [-0.3, -0.25) is 14.8 Å². The zero-order valence-electron chi connectivity index (χ0n) is 21.2. The molecule has 1 aliphatic rings. The summed E-state index contributed by atoms with van der Waals surface area (Å²) >= 11 is 1.42. The first-order chi connectivity index (χ1) is 18.9. The lowest BCUT2D eigenvalue weighted by Crippen LogP contribution is -2.32. The van der Waals surface area contributed by atoms with Crippen LogP contribution in [0.1, 0.15) is 54.8 Å². The Kier molecular flexibility index (Phi) is 10.3. The fourth-order valence-corrected chi connectivity index (χ4v) is 5.07. The minimum Gasteiger partial charge on any atom is -0.618 e. The summed E-state index contributed by atoms with van der Waals surface area (Å²) in [5.41, 5.74) is 4.70. The second-order valence-corrected chi connectivity index (χ2v) is 10.1. The maximum absolute atomic E-state index is 12.2. The quantitative estimate of drug-likeness (QED) is 0.0924. The van der Waals surface area contributed by atoms with E-state index < -0.39 is 12.2 Å². The predicted molar refractivity (Wildman–Crippen MR) is 143 cm³/mol. The lowest BCUT2D eigenvalue weighted by Gasteiger charge is -2.36. The number of anilines is 1.